The van der Waals surface area contributed by atoms with Crippen molar-refractivity contribution in [2.24, 2.45) is 0 Å². The fourth-order valence-corrected chi connectivity index (χ4v) is 1.80. The van der Waals surface area contributed by atoms with Crippen LogP contribution in [0.15, 0.2) is 30.5 Å². The van der Waals surface area contributed by atoms with Crippen LogP contribution in [-0.2, 0) is 6.54 Å². The molecule has 0 aliphatic rings. The van der Waals surface area contributed by atoms with Crippen molar-refractivity contribution in [2.75, 3.05) is 14.2 Å². The van der Waals surface area contributed by atoms with Crippen molar-refractivity contribution in [3.63, 3.8) is 0 Å². The Morgan fingerprint density at radius 1 is 1.37 bits per heavy atom. The number of carbonyl (C=O) groups is 1. The van der Waals surface area contributed by atoms with Crippen molar-refractivity contribution in [1.29, 1.82) is 0 Å². The van der Waals surface area contributed by atoms with Gasteiger partial charge in [-0.25, -0.2) is 4.79 Å². The fourth-order valence-electron chi connectivity index (χ4n) is 1.80. The van der Waals surface area contributed by atoms with Gasteiger partial charge >= 0.3 is 5.97 Å². The van der Waals surface area contributed by atoms with Gasteiger partial charge in [0, 0.05) is 0 Å². The van der Waals surface area contributed by atoms with Gasteiger partial charge < -0.3 is 14.6 Å². The molecule has 0 aliphatic heterocycles. The van der Waals surface area contributed by atoms with Gasteiger partial charge in [0.2, 0.25) is 0 Å². The summed E-state index contributed by atoms with van der Waals surface area (Å²) < 4.78 is 11.5. The number of methoxy groups -OCH3 is 2. The van der Waals surface area contributed by atoms with Crippen LogP contribution in [0, 0.1) is 0 Å². The van der Waals surface area contributed by atoms with Crippen LogP contribution in [0.25, 0.3) is 0 Å². The van der Waals surface area contributed by atoms with Crippen molar-refractivity contribution in [3.05, 3.63) is 41.7 Å². The van der Waals surface area contributed by atoms with Gasteiger partial charge in [-0.1, -0.05) is 12.1 Å². The third kappa shape index (κ3) is 2.67. The molecule has 1 heterocycles. The van der Waals surface area contributed by atoms with E-state index in [-0.39, 0.29) is 11.4 Å². The Hall–Kier alpha value is -2.50. The van der Waals surface area contributed by atoms with E-state index in [9.17, 15) is 9.90 Å². The molecular formula is C13H14N2O4. The number of carboxylic acid groups (broad SMARTS) is 1. The maximum Gasteiger partial charge on any atom is 0.358 e. The highest BCUT2D eigenvalue weighted by Crippen LogP contribution is 2.20. The first-order valence-corrected chi connectivity index (χ1v) is 5.61. The van der Waals surface area contributed by atoms with Gasteiger partial charge in [0.15, 0.2) is 11.4 Å². The normalized spacial score (nSPS) is 10.2. The Bertz CT molecular complexity index is 592. The third-order valence-corrected chi connectivity index (χ3v) is 2.69. The molecule has 0 aliphatic carbocycles. The SMILES string of the molecule is COc1cccc(Cn2ncc(OC)c2C(=O)O)c1. The summed E-state index contributed by atoms with van der Waals surface area (Å²) in [4.78, 5) is 11.2. The van der Waals surface area contributed by atoms with Gasteiger partial charge in [-0.2, -0.15) is 5.10 Å². The second-order valence-electron chi connectivity index (χ2n) is 3.88. The lowest BCUT2D eigenvalue weighted by Gasteiger charge is -2.07. The highest BCUT2D eigenvalue weighted by Gasteiger charge is 2.18. The van der Waals surface area contributed by atoms with Crippen LogP contribution >= 0.6 is 0 Å². The molecule has 2 rings (SSSR count). The van der Waals surface area contributed by atoms with E-state index in [0.717, 1.165) is 5.56 Å². The molecule has 1 aromatic carbocycles. The van der Waals surface area contributed by atoms with Crippen molar-refractivity contribution in [1.82, 2.24) is 9.78 Å². The molecule has 6 heteroatoms. The van der Waals surface area contributed by atoms with Crippen molar-refractivity contribution in [3.8, 4) is 11.5 Å². The number of ether oxygens (including phenoxy) is 2. The molecule has 0 saturated heterocycles. The van der Waals surface area contributed by atoms with E-state index in [4.69, 9.17) is 9.47 Å². The Morgan fingerprint density at radius 2 is 2.16 bits per heavy atom. The summed E-state index contributed by atoms with van der Waals surface area (Å²) in [6.07, 6.45) is 1.39. The van der Waals surface area contributed by atoms with E-state index in [0.29, 0.717) is 12.3 Å². The number of hydrogen-bond donors (Lipinski definition) is 1. The van der Waals surface area contributed by atoms with Crippen molar-refractivity contribution in [2.45, 2.75) is 6.54 Å². The molecule has 0 saturated carbocycles. The predicted molar refractivity (Wildman–Crippen MR) is 67.8 cm³/mol. The Labute approximate surface area is 110 Å². The average molecular weight is 262 g/mol. The molecule has 0 spiro atoms. The number of rotatable bonds is 5. The molecule has 1 N–H and O–H groups in total. The molecule has 6 nitrogen and oxygen atoms in total. The lowest BCUT2D eigenvalue weighted by Crippen LogP contribution is -2.11. The number of hydrogen-bond acceptors (Lipinski definition) is 4. The summed E-state index contributed by atoms with van der Waals surface area (Å²) in [5, 5.41) is 13.2. The maximum absolute atomic E-state index is 11.2. The second kappa shape index (κ2) is 5.43. The molecular weight excluding hydrogens is 248 g/mol. The molecule has 0 radical (unpaired) electrons. The Kier molecular flexibility index (Phi) is 3.70. The highest BCUT2D eigenvalue weighted by molar-refractivity contribution is 5.88. The molecule has 0 bridgehead atoms. The maximum atomic E-state index is 11.2. The molecule has 100 valence electrons. The zero-order chi connectivity index (χ0) is 13.8. The van der Waals surface area contributed by atoms with Crippen LogP contribution in [0.1, 0.15) is 16.1 Å². The summed E-state index contributed by atoms with van der Waals surface area (Å²) in [5.41, 5.74) is 0.929. The summed E-state index contributed by atoms with van der Waals surface area (Å²) in [5.74, 6) is -0.110. The lowest BCUT2D eigenvalue weighted by atomic mass is 10.2. The van der Waals surface area contributed by atoms with E-state index in [1.807, 2.05) is 24.3 Å². The Balaban J connectivity index is 2.32. The quantitative estimate of drug-likeness (QED) is 0.886. The van der Waals surface area contributed by atoms with E-state index in [2.05, 4.69) is 5.10 Å². The Morgan fingerprint density at radius 3 is 2.79 bits per heavy atom. The van der Waals surface area contributed by atoms with Crippen LogP contribution in [0.3, 0.4) is 0 Å². The van der Waals surface area contributed by atoms with E-state index >= 15 is 0 Å². The van der Waals surface area contributed by atoms with Crippen molar-refractivity contribution >= 4 is 5.97 Å². The zero-order valence-corrected chi connectivity index (χ0v) is 10.7. The zero-order valence-electron chi connectivity index (χ0n) is 10.7. The minimum absolute atomic E-state index is 0.0327. The van der Waals surface area contributed by atoms with Gasteiger partial charge in [-0.15, -0.1) is 0 Å². The first-order valence-electron chi connectivity index (χ1n) is 5.61. The fraction of sp³-hybridized carbons (Fsp3) is 0.231. The standard InChI is InChI=1S/C13H14N2O4/c1-18-10-5-3-4-9(6-10)8-15-12(13(16)17)11(19-2)7-14-15/h3-7H,8H2,1-2H3,(H,16,17). The summed E-state index contributed by atoms with van der Waals surface area (Å²) in [6, 6.07) is 7.38. The van der Waals surface area contributed by atoms with Gasteiger partial charge in [-0.3, -0.25) is 4.68 Å². The van der Waals surface area contributed by atoms with E-state index in [1.165, 1.54) is 18.0 Å². The molecule has 1 aromatic heterocycles. The highest BCUT2D eigenvalue weighted by atomic mass is 16.5. The topological polar surface area (TPSA) is 73.6 Å². The minimum atomic E-state index is -1.07. The largest absolute Gasteiger partial charge is 0.497 e. The molecule has 0 amide bonds. The smallest absolute Gasteiger partial charge is 0.358 e. The summed E-state index contributed by atoms with van der Waals surface area (Å²) in [7, 11) is 3.00. The van der Waals surface area contributed by atoms with E-state index < -0.39 is 5.97 Å². The summed E-state index contributed by atoms with van der Waals surface area (Å²) >= 11 is 0. The minimum Gasteiger partial charge on any atom is -0.497 e. The predicted octanol–water partition coefficient (Wildman–Crippen LogP) is 1.65. The molecule has 0 atom stereocenters. The number of carboxylic acids is 1. The van der Waals surface area contributed by atoms with E-state index in [1.54, 1.807) is 7.11 Å². The monoisotopic (exact) mass is 262 g/mol. The molecule has 0 unspecified atom stereocenters. The molecule has 2 aromatic rings. The van der Waals surface area contributed by atoms with Gasteiger partial charge in [0.05, 0.1) is 27.0 Å². The third-order valence-electron chi connectivity index (χ3n) is 2.69. The molecule has 0 fully saturated rings. The number of aromatic carboxylic acids is 1. The van der Waals surface area contributed by atoms with Crippen molar-refractivity contribution < 1.29 is 19.4 Å². The number of aromatic nitrogens is 2. The van der Waals surface area contributed by atoms with Crippen LogP contribution < -0.4 is 9.47 Å². The van der Waals surface area contributed by atoms with Crippen LogP contribution in [-0.4, -0.2) is 35.1 Å². The van der Waals surface area contributed by atoms with Crippen LogP contribution in [0.4, 0.5) is 0 Å². The first-order chi connectivity index (χ1) is 9.15. The van der Waals surface area contributed by atoms with Crippen LogP contribution in [0.2, 0.25) is 0 Å². The second-order valence-corrected chi connectivity index (χ2v) is 3.88. The average Bonchev–Trinajstić information content (AvgIpc) is 2.82. The first kappa shape index (κ1) is 12.9. The molecule has 19 heavy (non-hydrogen) atoms. The van der Waals surface area contributed by atoms with Gasteiger partial charge in [-0.05, 0) is 17.7 Å². The number of benzene rings is 1. The van der Waals surface area contributed by atoms with Gasteiger partial charge in [0.1, 0.15) is 5.75 Å². The lowest BCUT2D eigenvalue weighted by molar-refractivity contribution is 0.0680. The number of nitrogens with zero attached hydrogens (tertiary/aromatic N) is 2. The van der Waals surface area contributed by atoms with Gasteiger partial charge in [0.25, 0.3) is 0 Å². The summed E-state index contributed by atoms with van der Waals surface area (Å²) in [6.45, 7) is 0.336. The van der Waals surface area contributed by atoms with Crippen LogP contribution in [0.5, 0.6) is 11.5 Å².